The highest BCUT2D eigenvalue weighted by atomic mass is 16.5. The first kappa shape index (κ1) is 14.5. The van der Waals surface area contributed by atoms with E-state index >= 15 is 0 Å². The Balaban J connectivity index is 1.83. The van der Waals surface area contributed by atoms with Crippen molar-refractivity contribution in [3.63, 3.8) is 0 Å². The summed E-state index contributed by atoms with van der Waals surface area (Å²) in [5, 5.41) is 6.02. The van der Waals surface area contributed by atoms with Crippen LogP contribution in [0.1, 0.15) is 16.1 Å². The van der Waals surface area contributed by atoms with Gasteiger partial charge in [-0.05, 0) is 13.0 Å². The maximum atomic E-state index is 11.7. The summed E-state index contributed by atoms with van der Waals surface area (Å²) in [7, 11) is 1.47. The average Bonchev–Trinajstić information content (AvgIpc) is 2.90. The first-order chi connectivity index (χ1) is 10.1. The predicted octanol–water partition coefficient (Wildman–Crippen LogP) is 1.18. The molecule has 2 aromatic heterocycles. The number of nitrogens with zero attached hydrogens (tertiary/aromatic N) is 2. The van der Waals surface area contributed by atoms with E-state index in [1.807, 2.05) is 0 Å². The largest absolute Gasteiger partial charge is 0.481 e. The number of amides is 1. The summed E-state index contributed by atoms with van der Waals surface area (Å²) in [6.45, 7) is 1.28. The molecule has 0 saturated carbocycles. The van der Waals surface area contributed by atoms with E-state index in [1.54, 1.807) is 13.0 Å². The fourth-order valence-corrected chi connectivity index (χ4v) is 1.43. The number of hydrogen-bond donors (Lipinski definition) is 1. The highest BCUT2D eigenvalue weighted by Gasteiger charge is 2.12. The highest BCUT2D eigenvalue weighted by molar-refractivity contribution is 5.94. The lowest BCUT2D eigenvalue weighted by Crippen LogP contribution is -2.20. The molecule has 8 nitrogen and oxygen atoms in total. The first-order valence-electron chi connectivity index (χ1n) is 5.99. The van der Waals surface area contributed by atoms with Gasteiger partial charge in [0.15, 0.2) is 6.61 Å². The van der Waals surface area contributed by atoms with Crippen LogP contribution in [-0.4, -0.2) is 35.7 Å². The van der Waals surface area contributed by atoms with Gasteiger partial charge in [-0.15, -0.1) is 0 Å². The SMILES string of the molecule is COc1ccc(C(=O)OCC(=O)Nc2cc(C)no2)cn1. The number of carbonyl (C=O) groups is 2. The molecule has 0 aromatic carbocycles. The second-order valence-corrected chi connectivity index (χ2v) is 4.05. The minimum absolute atomic E-state index is 0.194. The van der Waals surface area contributed by atoms with E-state index in [2.05, 4.69) is 15.5 Å². The number of ether oxygens (including phenoxy) is 2. The van der Waals surface area contributed by atoms with Crippen molar-refractivity contribution in [3.8, 4) is 5.88 Å². The fraction of sp³-hybridized carbons (Fsp3) is 0.231. The Morgan fingerprint density at radius 2 is 2.19 bits per heavy atom. The van der Waals surface area contributed by atoms with E-state index in [0.717, 1.165) is 0 Å². The molecule has 0 unspecified atom stereocenters. The van der Waals surface area contributed by atoms with Gasteiger partial charge in [0.1, 0.15) is 0 Å². The molecule has 2 rings (SSSR count). The van der Waals surface area contributed by atoms with Crippen LogP contribution in [0.2, 0.25) is 0 Å². The quantitative estimate of drug-likeness (QED) is 0.825. The Morgan fingerprint density at radius 1 is 1.38 bits per heavy atom. The van der Waals surface area contributed by atoms with Crippen molar-refractivity contribution in [3.05, 3.63) is 35.7 Å². The third-order valence-electron chi connectivity index (χ3n) is 2.41. The number of aromatic nitrogens is 2. The van der Waals surface area contributed by atoms with E-state index in [0.29, 0.717) is 11.6 Å². The summed E-state index contributed by atoms with van der Waals surface area (Å²) in [4.78, 5) is 27.1. The van der Waals surface area contributed by atoms with Crippen molar-refractivity contribution in [2.75, 3.05) is 19.0 Å². The average molecular weight is 291 g/mol. The molecule has 0 aliphatic heterocycles. The second-order valence-electron chi connectivity index (χ2n) is 4.05. The molecule has 0 fully saturated rings. The van der Waals surface area contributed by atoms with E-state index in [-0.39, 0.29) is 11.4 Å². The van der Waals surface area contributed by atoms with Gasteiger partial charge >= 0.3 is 5.97 Å². The Hall–Kier alpha value is -2.90. The van der Waals surface area contributed by atoms with Crippen molar-refractivity contribution in [1.82, 2.24) is 10.1 Å². The number of esters is 1. The third-order valence-corrected chi connectivity index (χ3v) is 2.41. The maximum Gasteiger partial charge on any atom is 0.340 e. The van der Waals surface area contributed by atoms with Crippen LogP contribution < -0.4 is 10.1 Å². The number of carbonyl (C=O) groups excluding carboxylic acids is 2. The molecule has 110 valence electrons. The summed E-state index contributed by atoms with van der Waals surface area (Å²) >= 11 is 0. The van der Waals surface area contributed by atoms with Crippen LogP contribution in [0.25, 0.3) is 0 Å². The van der Waals surface area contributed by atoms with Gasteiger partial charge in [-0.2, -0.15) is 0 Å². The van der Waals surface area contributed by atoms with E-state index in [9.17, 15) is 9.59 Å². The van der Waals surface area contributed by atoms with Crippen molar-refractivity contribution in [1.29, 1.82) is 0 Å². The number of nitrogens with one attached hydrogen (secondary N) is 1. The maximum absolute atomic E-state index is 11.7. The molecule has 1 amide bonds. The van der Waals surface area contributed by atoms with Gasteiger partial charge in [0, 0.05) is 18.3 Å². The Bertz CT molecular complexity index is 636. The monoisotopic (exact) mass is 291 g/mol. The molecule has 0 aliphatic rings. The number of hydrogen-bond acceptors (Lipinski definition) is 7. The molecule has 1 N–H and O–H groups in total. The van der Waals surface area contributed by atoms with Crippen molar-refractivity contribution in [2.45, 2.75) is 6.92 Å². The van der Waals surface area contributed by atoms with E-state index in [4.69, 9.17) is 14.0 Å². The smallest absolute Gasteiger partial charge is 0.340 e. The molecular weight excluding hydrogens is 278 g/mol. The predicted molar refractivity (Wildman–Crippen MR) is 70.9 cm³/mol. The first-order valence-corrected chi connectivity index (χ1v) is 5.99. The molecule has 2 heterocycles. The van der Waals surface area contributed by atoms with Crippen LogP contribution in [0, 0.1) is 6.92 Å². The number of aryl methyl sites for hydroxylation is 1. The van der Waals surface area contributed by atoms with Crippen LogP contribution in [-0.2, 0) is 9.53 Å². The summed E-state index contributed by atoms with van der Waals surface area (Å²) in [5.41, 5.74) is 0.853. The minimum atomic E-state index is -0.658. The zero-order valence-corrected chi connectivity index (χ0v) is 11.5. The van der Waals surface area contributed by atoms with Gasteiger partial charge in [0.25, 0.3) is 5.91 Å². The zero-order valence-electron chi connectivity index (χ0n) is 11.5. The van der Waals surface area contributed by atoms with Gasteiger partial charge in [-0.3, -0.25) is 10.1 Å². The lowest BCUT2D eigenvalue weighted by molar-refractivity contribution is -0.119. The molecule has 0 saturated heterocycles. The standard InChI is InChI=1S/C13H13N3O5/c1-8-5-12(21-16-8)15-10(17)7-20-13(18)9-3-4-11(19-2)14-6-9/h3-6H,7H2,1-2H3,(H,15,17). The minimum Gasteiger partial charge on any atom is -0.481 e. The zero-order chi connectivity index (χ0) is 15.2. The van der Waals surface area contributed by atoms with Crippen LogP contribution >= 0.6 is 0 Å². The Labute approximate surface area is 120 Å². The highest BCUT2D eigenvalue weighted by Crippen LogP contribution is 2.09. The van der Waals surface area contributed by atoms with Gasteiger partial charge in [0.2, 0.25) is 11.8 Å². The fourth-order valence-electron chi connectivity index (χ4n) is 1.43. The number of methoxy groups -OCH3 is 1. The van der Waals surface area contributed by atoms with Gasteiger partial charge < -0.3 is 14.0 Å². The van der Waals surface area contributed by atoms with E-state index in [1.165, 1.54) is 25.4 Å². The van der Waals surface area contributed by atoms with Crippen LogP contribution in [0.3, 0.4) is 0 Å². The molecular formula is C13H13N3O5. The molecule has 0 bridgehead atoms. The van der Waals surface area contributed by atoms with Crippen molar-refractivity contribution >= 4 is 17.8 Å². The lowest BCUT2D eigenvalue weighted by Gasteiger charge is -2.04. The molecule has 0 aliphatic carbocycles. The van der Waals surface area contributed by atoms with Crippen LogP contribution in [0.4, 0.5) is 5.88 Å². The summed E-state index contributed by atoms with van der Waals surface area (Å²) in [5.74, 6) is -0.611. The third kappa shape index (κ3) is 4.03. The molecule has 2 aromatic rings. The van der Waals surface area contributed by atoms with Gasteiger partial charge in [0.05, 0.1) is 18.4 Å². The number of anilines is 1. The van der Waals surface area contributed by atoms with Crippen LogP contribution in [0.5, 0.6) is 5.88 Å². The summed E-state index contributed by atoms with van der Waals surface area (Å²) in [6, 6.07) is 4.56. The summed E-state index contributed by atoms with van der Waals surface area (Å²) in [6.07, 6.45) is 1.30. The molecule has 0 atom stereocenters. The summed E-state index contributed by atoms with van der Waals surface area (Å²) < 4.78 is 14.5. The normalized spacial score (nSPS) is 10.0. The second kappa shape index (κ2) is 6.51. The number of pyridine rings is 1. The van der Waals surface area contributed by atoms with Gasteiger partial charge in [-0.1, -0.05) is 5.16 Å². The molecule has 0 spiro atoms. The molecule has 0 radical (unpaired) electrons. The van der Waals surface area contributed by atoms with E-state index < -0.39 is 18.5 Å². The Kier molecular flexibility index (Phi) is 4.50. The van der Waals surface area contributed by atoms with Gasteiger partial charge in [-0.25, -0.2) is 9.78 Å². The number of rotatable bonds is 5. The molecule has 21 heavy (non-hydrogen) atoms. The van der Waals surface area contributed by atoms with Crippen molar-refractivity contribution in [2.24, 2.45) is 0 Å². The molecule has 8 heteroatoms. The lowest BCUT2D eigenvalue weighted by atomic mass is 10.3. The van der Waals surface area contributed by atoms with Crippen LogP contribution in [0.15, 0.2) is 28.9 Å². The Morgan fingerprint density at radius 3 is 2.76 bits per heavy atom. The topological polar surface area (TPSA) is 104 Å². The van der Waals surface area contributed by atoms with Crippen molar-refractivity contribution < 1.29 is 23.6 Å².